The van der Waals surface area contributed by atoms with Crippen molar-refractivity contribution in [1.82, 2.24) is 24.2 Å². The molecule has 10 nitrogen and oxygen atoms in total. The molecule has 5 heterocycles. The number of imidazole rings is 1. The molecule has 1 saturated heterocycles. The third kappa shape index (κ3) is 4.34. The Kier molecular flexibility index (Phi) is 6.22. The quantitative estimate of drug-likeness (QED) is 0.368. The molecule has 0 saturated carbocycles. The SMILES string of the molecule is CN1CCN(c2ccc(Nc3ccc(-c4cnc5ccccn45)c4c3C(=O)N(C(=O)O)C4C(C)(C)C)nc2)CC1. The molecule has 1 atom stereocenters. The summed E-state index contributed by atoms with van der Waals surface area (Å²) in [6.45, 7) is 9.74. The standard InChI is InChI=1S/C30H33N7O3/c1-30(2,3)27-25-20(22-18-32-24-7-5-6-12-36(22)24)9-10-21(26(25)28(38)37(27)29(39)40)33-23-11-8-19(17-31-23)35-15-13-34(4)14-16-35/h5-12,17-18,27H,13-16H2,1-4H3,(H,31,33)(H,39,40). The van der Waals surface area contributed by atoms with Gasteiger partial charge in [0.25, 0.3) is 5.91 Å². The number of nitrogens with one attached hydrogen (secondary N) is 1. The zero-order chi connectivity index (χ0) is 28.2. The second-order valence-electron chi connectivity index (χ2n) is 11.6. The van der Waals surface area contributed by atoms with Crippen LogP contribution in [-0.4, -0.2) is 74.5 Å². The highest BCUT2D eigenvalue weighted by Gasteiger charge is 2.49. The van der Waals surface area contributed by atoms with Gasteiger partial charge in [-0.3, -0.25) is 9.20 Å². The zero-order valence-electron chi connectivity index (χ0n) is 23.1. The van der Waals surface area contributed by atoms with Crippen LogP contribution < -0.4 is 10.2 Å². The Hall–Kier alpha value is -4.44. The van der Waals surface area contributed by atoms with Crippen molar-refractivity contribution in [3.8, 4) is 11.3 Å². The van der Waals surface area contributed by atoms with Gasteiger partial charge in [0.1, 0.15) is 11.5 Å². The monoisotopic (exact) mass is 539 g/mol. The molecule has 0 spiro atoms. The largest absolute Gasteiger partial charge is 0.465 e. The van der Waals surface area contributed by atoms with Crippen LogP contribution in [0, 0.1) is 5.41 Å². The lowest BCUT2D eigenvalue weighted by Gasteiger charge is -2.33. The van der Waals surface area contributed by atoms with Gasteiger partial charge in [-0.25, -0.2) is 19.7 Å². The molecule has 1 aromatic carbocycles. The first-order valence-electron chi connectivity index (χ1n) is 13.5. The van der Waals surface area contributed by atoms with Crippen molar-refractivity contribution in [3.05, 3.63) is 72.2 Å². The fourth-order valence-electron chi connectivity index (χ4n) is 5.83. The molecule has 1 fully saturated rings. The highest BCUT2D eigenvalue weighted by atomic mass is 16.4. The molecule has 0 bridgehead atoms. The van der Waals surface area contributed by atoms with Crippen LogP contribution in [0.4, 0.5) is 22.0 Å². The summed E-state index contributed by atoms with van der Waals surface area (Å²) in [6, 6.07) is 12.7. The first-order valence-corrected chi connectivity index (χ1v) is 13.5. The van der Waals surface area contributed by atoms with E-state index in [0.717, 1.165) is 53.7 Å². The Bertz CT molecular complexity index is 1600. The van der Waals surface area contributed by atoms with Gasteiger partial charge in [-0.1, -0.05) is 32.9 Å². The molecule has 2 N–H and O–H groups in total. The van der Waals surface area contributed by atoms with Crippen LogP contribution in [0.3, 0.4) is 0 Å². The lowest BCUT2D eigenvalue weighted by molar-refractivity contribution is 0.0585. The van der Waals surface area contributed by atoms with Crippen LogP contribution in [0.5, 0.6) is 0 Å². The molecule has 40 heavy (non-hydrogen) atoms. The van der Waals surface area contributed by atoms with E-state index in [9.17, 15) is 14.7 Å². The van der Waals surface area contributed by atoms with Gasteiger partial charge in [0, 0.05) is 43.5 Å². The normalized spacial score (nSPS) is 17.9. The molecule has 1 unspecified atom stereocenters. The lowest BCUT2D eigenvalue weighted by atomic mass is 9.80. The molecule has 2 aliphatic heterocycles. The number of carbonyl (C=O) groups excluding carboxylic acids is 1. The predicted octanol–water partition coefficient (Wildman–Crippen LogP) is 5.11. The fraction of sp³-hybridized carbons (Fsp3) is 0.333. The third-order valence-corrected chi connectivity index (χ3v) is 7.81. The number of anilines is 3. The summed E-state index contributed by atoms with van der Waals surface area (Å²) in [7, 11) is 2.12. The van der Waals surface area contributed by atoms with Gasteiger partial charge >= 0.3 is 6.09 Å². The predicted molar refractivity (Wildman–Crippen MR) is 154 cm³/mol. The van der Waals surface area contributed by atoms with Crippen LogP contribution in [0.2, 0.25) is 0 Å². The van der Waals surface area contributed by atoms with Crippen LogP contribution in [-0.2, 0) is 0 Å². The number of carboxylic acid groups (broad SMARTS) is 1. The van der Waals surface area contributed by atoms with Crippen molar-refractivity contribution >= 4 is 34.8 Å². The van der Waals surface area contributed by atoms with Gasteiger partial charge in [0.2, 0.25) is 0 Å². The van der Waals surface area contributed by atoms with Crippen molar-refractivity contribution in [1.29, 1.82) is 0 Å². The van der Waals surface area contributed by atoms with E-state index in [1.54, 1.807) is 6.20 Å². The van der Waals surface area contributed by atoms with Gasteiger partial charge in [0.05, 0.1) is 41.1 Å². The Morgan fingerprint density at radius 1 is 1.00 bits per heavy atom. The van der Waals surface area contributed by atoms with Crippen LogP contribution in [0.15, 0.2) is 61.1 Å². The number of rotatable bonds is 4. The van der Waals surface area contributed by atoms with Crippen molar-refractivity contribution in [2.24, 2.45) is 5.41 Å². The maximum absolute atomic E-state index is 13.8. The van der Waals surface area contributed by atoms with E-state index in [-0.39, 0.29) is 0 Å². The number of carbonyl (C=O) groups is 2. The van der Waals surface area contributed by atoms with Crippen LogP contribution in [0.1, 0.15) is 42.7 Å². The number of aromatic nitrogens is 3. The Morgan fingerprint density at radius 2 is 1.77 bits per heavy atom. The highest BCUT2D eigenvalue weighted by Crippen LogP contribution is 2.51. The van der Waals surface area contributed by atoms with Crippen molar-refractivity contribution in [2.75, 3.05) is 43.4 Å². The first-order chi connectivity index (χ1) is 19.1. The van der Waals surface area contributed by atoms with Crippen LogP contribution in [0.25, 0.3) is 16.9 Å². The van der Waals surface area contributed by atoms with E-state index >= 15 is 0 Å². The van der Waals surface area contributed by atoms with E-state index in [1.807, 2.05) is 80.0 Å². The third-order valence-electron chi connectivity index (χ3n) is 7.81. The summed E-state index contributed by atoms with van der Waals surface area (Å²) in [5.74, 6) is 0.0335. The average molecular weight is 540 g/mol. The number of amides is 2. The number of imide groups is 1. The summed E-state index contributed by atoms with van der Waals surface area (Å²) >= 11 is 0. The number of piperazine rings is 1. The van der Waals surface area contributed by atoms with E-state index in [0.29, 0.717) is 22.6 Å². The molecular formula is C30H33N7O3. The van der Waals surface area contributed by atoms with E-state index in [1.165, 1.54) is 0 Å². The lowest BCUT2D eigenvalue weighted by Crippen LogP contribution is -2.44. The molecule has 2 aliphatic rings. The van der Waals surface area contributed by atoms with Gasteiger partial charge in [0.15, 0.2) is 0 Å². The molecule has 10 heteroatoms. The fourth-order valence-corrected chi connectivity index (χ4v) is 5.83. The number of hydrogen-bond acceptors (Lipinski definition) is 7. The van der Waals surface area contributed by atoms with Crippen molar-refractivity contribution in [2.45, 2.75) is 26.8 Å². The molecule has 4 aromatic rings. The van der Waals surface area contributed by atoms with Gasteiger partial charge < -0.3 is 20.2 Å². The summed E-state index contributed by atoms with van der Waals surface area (Å²) < 4.78 is 1.95. The second-order valence-corrected chi connectivity index (χ2v) is 11.6. The number of hydrogen-bond donors (Lipinski definition) is 2. The molecule has 0 aliphatic carbocycles. The average Bonchev–Trinajstić information content (AvgIpc) is 3.49. The van der Waals surface area contributed by atoms with E-state index in [2.05, 4.69) is 32.1 Å². The maximum Gasteiger partial charge on any atom is 0.414 e. The smallest absolute Gasteiger partial charge is 0.414 e. The molecule has 0 radical (unpaired) electrons. The Balaban J connectivity index is 1.45. The van der Waals surface area contributed by atoms with Crippen LogP contribution >= 0.6 is 0 Å². The number of fused-ring (bicyclic) bond motifs is 2. The summed E-state index contributed by atoms with van der Waals surface area (Å²) in [5.41, 5.74) is 4.36. The highest BCUT2D eigenvalue weighted by molar-refractivity contribution is 6.12. The molecular weight excluding hydrogens is 506 g/mol. The summed E-state index contributed by atoms with van der Waals surface area (Å²) in [4.78, 5) is 41.0. The minimum Gasteiger partial charge on any atom is -0.465 e. The maximum atomic E-state index is 13.8. The first kappa shape index (κ1) is 25.8. The number of benzene rings is 1. The second kappa shape index (κ2) is 9.63. The van der Waals surface area contributed by atoms with Gasteiger partial charge in [-0.15, -0.1) is 0 Å². The number of nitrogens with zero attached hydrogens (tertiary/aromatic N) is 6. The van der Waals surface area contributed by atoms with Gasteiger partial charge in [-0.2, -0.15) is 0 Å². The molecule has 206 valence electrons. The molecule has 6 rings (SSSR count). The van der Waals surface area contributed by atoms with Crippen molar-refractivity contribution in [3.63, 3.8) is 0 Å². The minimum atomic E-state index is -1.27. The minimum absolute atomic E-state index is 0.343. The molecule has 3 aromatic heterocycles. The Morgan fingerprint density at radius 3 is 2.45 bits per heavy atom. The molecule has 2 amide bonds. The summed E-state index contributed by atoms with van der Waals surface area (Å²) in [6.07, 6.45) is 4.25. The number of pyridine rings is 2. The van der Waals surface area contributed by atoms with E-state index < -0.39 is 23.5 Å². The topological polar surface area (TPSA) is 106 Å². The Labute approximate surface area is 232 Å². The zero-order valence-corrected chi connectivity index (χ0v) is 23.1. The van der Waals surface area contributed by atoms with E-state index in [4.69, 9.17) is 0 Å². The number of likely N-dealkylation sites (N-methyl/N-ethyl adjacent to an activating group) is 1. The van der Waals surface area contributed by atoms with Gasteiger partial charge in [-0.05, 0) is 42.8 Å². The summed E-state index contributed by atoms with van der Waals surface area (Å²) in [5, 5.41) is 13.5. The van der Waals surface area contributed by atoms with Crippen molar-refractivity contribution < 1.29 is 14.7 Å².